The fourth-order valence-electron chi connectivity index (χ4n) is 1.06. The Morgan fingerprint density at radius 2 is 2.00 bits per heavy atom. The zero-order valence-electron chi connectivity index (χ0n) is 5.32. The minimum absolute atomic E-state index is 0.176. The van der Waals surface area contributed by atoms with Crippen molar-refractivity contribution in [3.63, 3.8) is 0 Å². The van der Waals surface area contributed by atoms with Crippen molar-refractivity contribution in [2.45, 2.75) is 12.8 Å². The maximum atomic E-state index is 11.9. The molecule has 1 aliphatic heterocycles. The third-order valence-electron chi connectivity index (χ3n) is 1.78. The molecule has 0 bridgehead atoms. The summed E-state index contributed by atoms with van der Waals surface area (Å²) >= 11 is 5.65. The van der Waals surface area contributed by atoms with E-state index in [2.05, 4.69) is 0 Å². The fraction of sp³-hybridized carbons (Fsp3) is 1.00. The van der Waals surface area contributed by atoms with Gasteiger partial charge < -0.3 is 0 Å². The molecule has 0 saturated carbocycles. The minimum Gasteiger partial charge on any atom is -0.251 e. The topological polar surface area (TPSA) is 3.24 Å². The van der Waals surface area contributed by atoms with Crippen LogP contribution in [-0.4, -0.2) is 24.2 Å². The number of rotatable bonds is 1. The molecule has 3 heteroatoms. The Morgan fingerprint density at radius 1 is 1.44 bits per heavy atom. The lowest BCUT2D eigenvalue weighted by Crippen LogP contribution is -2.27. The molecule has 0 N–H and O–H groups in total. The fourth-order valence-corrected chi connectivity index (χ4v) is 1.25. The second-order valence-corrected chi connectivity index (χ2v) is 2.99. The molecular formula is C6H11ClFN. The maximum absolute atomic E-state index is 11.9. The molecule has 1 saturated heterocycles. The summed E-state index contributed by atoms with van der Waals surface area (Å²) in [5.41, 5.74) is 0. The summed E-state index contributed by atoms with van der Waals surface area (Å²) in [6.07, 6.45) is 1.83. The van der Waals surface area contributed by atoms with Gasteiger partial charge in [0.2, 0.25) is 0 Å². The molecule has 1 fully saturated rings. The van der Waals surface area contributed by atoms with Crippen molar-refractivity contribution >= 4 is 11.8 Å². The number of nitrogens with zero attached hydrogens (tertiary/aromatic N) is 1. The first-order valence-corrected chi connectivity index (χ1v) is 3.63. The van der Waals surface area contributed by atoms with Crippen LogP contribution in [0, 0.1) is 5.92 Å². The number of alkyl halides is 1. The molecule has 0 aromatic rings. The third-order valence-corrected chi connectivity index (χ3v) is 2.12. The van der Waals surface area contributed by atoms with Crippen LogP contribution in [-0.2, 0) is 0 Å². The first-order valence-electron chi connectivity index (χ1n) is 3.29. The van der Waals surface area contributed by atoms with Gasteiger partial charge in [0.05, 0.1) is 6.67 Å². The van der Waals surface area contributed by atoms with Crippen LogP contribution in [0.25, 0.3) is 0 Å². The SMILES string of the molecule is FCC1CCN(Cl)CC1. The largest absolute Gasteiger partial charge is 0.251 e. The summed E-state index contributed by atoms with van der Waals surface area (Å²) in [7, 11) is 0. The van der Waals surface area contributed by atoms with E-state index in [0.29, 0.717) is 0 Å². The standard InChI is InChI=1S/C6H11ClFN/c7-9-3-1-6(5-8)2-4-9/h6H,1-5H2. The molecule has 1 aliphatic rings. The quantitative estimate of drug-likeness (QED) is 0.517. The minimum atomic E-state index is -0.176. The normalized spacial score (nSPS) is 24.7. The van der Waals surface area contributed by atoms with Gasteiger partial charge in [0, 0.05) is 13.1 Å². The average molecular weight is 152 g/mol. The summed E-state index contributed by atoms with van der Waals surface area (Å²) in [6.45, 7) is 1.51. The predicted octanol–water partition coefficient (Wildman–Crippen LogP) is 1.82. The summed E-state index contributed by atoms with van der Waals surface area (Å²) in [5, 5.41) is 0. The highest BCUT2D eigenvalue weighted by molar-refractivity contribution is 6.13. The molecule has 0 aliphatic carbocycles. The van der Waals surface area contributed by atoms with Crippen molar-refractivity contribution in [3.8, 4) is 0 Å². The zero-order chi connectivity index (χ0) is 6.69. The van der Waals surface area contributed by atoms with E-state index in [1.165, 1.54) is 0 Å². The first kappa shape index (κ1) is 7.29. The lowest BCUT2D eigenvalue weighted by atomic mass is 10.0. The van der Waals surface area contributed by atoms with E-state index in [4.69, 9.17) is 11.8 Å². The van der Waals surface area contributed by atoms with Crippen molar-refractivity contribution in [2.24, 2.45) is 5.92 Å². The van der Waals surface area contributed by atoms with Crippen molar-refractivity contribution in [1.29, 1.82) is 0 Å². The molecule has 0 spiro atoms. The van der Waals surface area contributed by atoms with Crippen LogP contribution in [0.15, 0.2) is 0 Å². The van der Waals surface area contributed by atoms with Crippen LogP contribution in [0.4, 0.5) is 4.39 Å². The van der Waals surface area contributed by atoms with Gasteiger partial charge in [0.1, 0.15) is 0 Å². The number of halogens is 2. The van der Waals surface area contributed by atoms with E-state index in [0.717, 1.165) is 25.9 Å². The van der Waals surface area contributed by atoms with Crippen molar-refractivity contribution < 1.29 is 4.39 Å². The summed E-state index contributed by atoms with van der Waals surface area (Å²) in [5.74, 6) is 0.278. The highest BCUT2D eigenvalue weighted by Gasteiger charge is 2.16. The Kier molecular flexibility index (Phi) is 2.73. The smallest absolute Gasteiger partial charge is 0.0923 e. The van der Waals surface area contributed by atoms with Gasteiger partial charge in [-0.3, -0.25) is 4.39 Å². The van der Waals surface area contributed by atoms with Crippen LogP contribution < -0.4 is 0 Å². The van der Waals surface area contributed by atoms with Gasteiger partial charge in [-0.2, -0.15) is 0 Å². The molecule has 1 rings (SSSR count). The van der Waals surface area contributed by atoms with Gasteiger partial charge in [-0.15, -0.1) is 0 Å². The molecule has 0 atom stereocenters. The second-order valence-electron chi connectivity index (χ2n) is 2.51. The van der Waals surface area contributed by atoms with Crippen molar-refractivity contribution in [3.05, 3.63) is 0 Å². The summed E-state index contributed by atoms with van der Waals surface area (Å²) in [6, 6.07) is 0. The van der Waals surface area contributed by atoms with Crippen LogP contribution in [0.1, 0.15) is 12.8 Å². The first-order chi connectivity index (χ1) is 4.33. The molecular weight excluding hydrogens is 141 g/mol. The van der Waals surface area contributed by atoms with Gasteiger partial charge in [-0.25, -0.2) is 4.42 Å². The van der Waals surface area contributed by atoms with Gasteiger partial charge in [-0.1, -0.05) is 0 Å². The van der Waals surface area contributed by atoms with E-state index >= 15 is 0 Å². The van der Waals surface area contributed by atoms with E-state index in [1.54, 1.807) is 4.42 Å². The molecule has 0 unspecified atom stereocenters. The monoisotopic (exact) mass is 151 g/mol. The predicted molar refractivity (Wildman–Crippen MR) is 36.1 cm³/mol. The van der Waals surface area contributed by atoms with Gasteiger partial charge in [0.15, 0.2) is 0 Å². The molecule has 54 valence electrons. The second kappa shape index (κ2) is 3.37. The Balaban J connectivity index is 2.18. The Bertz CT molecular complexity index is 81.1. The molecule has 9 heavy (non-hydrogen) atoms. The van der Waals surface area contributed by atoms with Crippen molar-refractivity contribution in [2.75, 3.05) is 19.8 Å². The summed E-state index contributed by atoms with van der Waals surface area (Å²) < 4.78 is 13.7. The molecule has 0 amide bonds. The number of hydrogen-bond acceptors (Lipinski definition) is 1. The van der Waals surface area contributed by atoms with E-state index in [-0.39, 0.29) is 12.6 Å². The van der Waals surface area contributed by atoms with E-state index < -0.39 is 0 Å². The van der Waals surface area contributed by atoms with Crippen LogP contribution in [0.2, 0.25) is 0 Å². The van der Waals surface area contributed by atoms with Gasteiger partial charge in [0.25, 0.3) is 0 Å². The molecule has 0 aromatic carbocycles. The Hall–Kier alpha value is 0.180. The van der Waals surface area contributed by atoms with Crippen LogP contribution in [0.3, 0.4) is 0 Å². The Labute approximate surface area is 59.9 Å². The Morgan fingerprint density at radius 3 is 2.44 bits per heavy atom. The van der Waals surface area contributed by atoms with Gasteiger partial charge >= 0.3 is 0 Å². The van der Waals surface area contributed by atoms with E-state index in [1.807, 2.05) is 0 Å². The highest BCUT2D eigenvalue weighted by Crippen LogP contribution is 2.17. The molecule has 1 heterocycles. The van der Waals surface area contributed by atoms with Crippen molar-refractivity contribution in [1.82, 2.24) is 4.42 Å². The van der Waals surface area contributed by atoms with Crippen LogP contribution in [0.5, 0.6) is 0 Å². The molecule has 1 nitrogen and oxygen atoms in total. The highest BCUT2D eigenvalue weighted by atomic mass is 35.5. The average Bonchev–Trinajstić information content (AvgIpc) is 1.90. The van der Waals surface area contributed by atoms with Gasteiger partial charge in [-0.05, 0) is 30.5 Å². The van der Waals surface area contributed by atoms with E-state index in [9.17, 15) is 4.39 Å². The summed E-state index contributed by atoms with van der Waals surface area (Å²) in [4.78, 5) is 0. The zero-order valence-corrected chi connectivity index (χ0v) is 6.07. The number of piperidine rings is 1. The molecule has 0 aromatic heterocycles. The maximum Gasteiger partial charge on any atom is 0.0923 e. The molecule has 0 radical (unpaired) electrons. The lowest BCUT2D eigenvalue weighted by molar-refractivity contribution is 0.238. The lowest BCUT2D eigenvalue weighted by Gasteiger charge is -2.24. The number of hydrogen-bond donors (Lipinski definition) is 0. The van der Waals surface area contributed by atoms with Crippen LogP contribution >= 0.6 is 11.8 Å². The third kappa shape index (κ3) is 2.11.